The molecule has 0 unspecified atom stereocenters. The third-order valence-electron chi connectivity index (χ3n) is 1.34. The van der Waals surface area contributed by atoms with Crippen molar-refractivity contribution in [3.63, 3.8) is 0 Å². The molecule has 0 aromatic carbocycles. The Bertz CT molecular complexity index is 81.4. The van der Waals surface area contributed by atoms with Gasteiger partial charge in [0.05, 0.1) is 5.60 Å². The molecule has 76 valence electrons. The topological polar surface area (TPSA) is 40.5 Å². The van der Waals surface area contributed by atoms with E-state index < -0.39 is 5.60 Å². The monoisotopic (exact) mass is 176 g/mol. The highest BCUT2D eigenvalue weighted by Crippen LogP contribution is 2.09. The predicted octanol–water partition coefficient (Wildman–Crippen LogP) is 2.19. The zero-order valence-corrected chi connectivity index (χ0v) is 9.31. The molecular formula is C10H24O2. The fourth-order valence-corrected chi connectivity index (χ4v) is 0. The van der Waals surface area contributed by atoms with E-state index in [1.54, 1.807) is 13.8 Å². The first-order chi connectivity index (χ1) is 5.12. The summed E-state index contributed by atoms with van der Waals surface area (Å²) >= 11 is 0. The number of aliphatic hydroxyl groups excluding tert-OH is 1. The van der Waals surface area contributed by atoms with Gasteiger partial charge in [-0.2, -0.15) is 0 Å². The Labute approximate surface area is 76.6 Å². The predicted molar refractivity (Wildman–Crippen MR) is 53.1 cm³/mol. The van der Waals surface area contributed by atoms with Gasteiger partial charge in [-0.3, -0.25) is 0 Å². The van der Waals surface area contributed by atoms with Gasteiger partial charge in [0.2, 0.25) is 0 Å². The number of hydrogen-bond donors (Lipinski definition) is 2. The normalized spacial score (nSPS) is 12.0. The lowest BCUT2D eigenvalue weighted by Gasteiger charge is -2.11. The molecule has 0 bridgehead atoms. The zero-order chi connectivity index (χ0) is 10.4. The maximum Gasteiger partial charge on any atom is 0.0589 e. The Morgan fingerprint density at radius 1 is 1.00 bits per heavy atom. The molecule has 0 aliphatic carbocycles. The van der Waals surface area contributed by atoms with Gasteiger partial charge in [-0.1, -0.05) is 27.7 Å². The van der Waals surface area contributed by atoms with Crippen LogP contribution in [0.5, 0.6) is 0 Å². The lowest BCUT2D eigenvalue weighted by Crippen LogP contribution is -2.15. The van der Waals surface area contributed by atoms with Crippen molar-refractivity contribution in [3.05, 3.63) is 0 Å². The number of rotatable bonds is 1. The first-order valence-corrected chi connectivity index (χ1v) is 4.45. The third-order valence-corrected chi connectivity index (χ3v) is 1.34. The first kappa shape index (κ1) is 14.4. The van der Waals surface area contributed by atoms with Gasteiger partial charge < -0.3 is 10.2 Å². The van der Waals surface area contributed by atoms with Crippen molar-refractivity contribution in [3.8, 4) is 0 Å². The third kappa shape index (κ3) is 22.5. The lowest BCUT2D eigenvalue weighted by atomic mass is 9.99. The average Bonchev–Trinajstić information content (AvgIpc) is 1.86. The summed E-state index contributed by atoms with van der Waals surface area (Å²) in [7, 11) is 0. The van der Waals surface area contributed by atoms with Crippen molar-refractivity contribution in [1.29, 1.82) is 0 Å². The minimum absolute atomic E-state index is 0.0972. The van der Waals surface area contributed by atoms with E-state index in [2.05, 4.69) is 0 Å². The van der Waals surface area contributed by atoms with Crippen LogP contribution in [0.25, 0.3) is 0 Å². The second-order valence-electron chi connectivity index (χ2n) is 4.88. The van der Waals surface area contributed by atoms with Crippen LogP contribution in [0.2, 0.25) is 0 Å². The summed E-state index contributed by atoms with van der Waals surface area (Å²) < 4.78 is 0. The molecule has 2 nitrogen and oxygen atoms in total. The summed E-state index contributed by atoms with van der Waals surface area (Å²) in [5.41, 5.74) is -0.361. The molecule has 0 saturated carbocycles. The largest absolute Gasteiger partial charge is 0.396 e. The van der Waals surface area contributed by atoms with Crippen LogP contribution < -0.4 is 0 Å². The molecule has 0 spiro atoms. The van der Waals surface area contributed by atoms with Crippen molar-refractivity contribution in [1.82, 2.24) is 0 Å². The van der Waals surface area contributed by atoms with Gasteiger partial charge in [0.15, 0.2) is 0 Å². The Balaban J connectivity index is 0. The van der Waals surface area contributed by atoms with E-state index in [1.165, 1.54) is 0 Å². The molecule has 12 heavy (non-hydrogen) atoms. The Hall–Kier alpha value is -0.0800. The summed E-state index contributed by atoms with van der Waals surface area (Å²) in [6.07, 6.45) is 0.826. The molecule has 0 saturated heterocycles. The smallest absolute Gasteiger partial charge is 0.0589 e. The summed E-state index contributed by atoms with van der Waals surface area (Å²) in [4.78, 5) is 0. The molecule has 2 N–H and O–H groups in total. The van der Waals surface area contributed by atoms with Gasteiger partial charge in [0.1, 0.15) is 0 Å². The van der Waals surface area contributed by atoms with E-state index in [0.717, 1.165) is 6.42 Å². The van der Waals surface area contributed by atoms with Crippen LogP contribution in [0.4, 0.5) is 0 Å². The fourth-order valence-electron chi connectivity index (χ4n) is 0. The molecule has 0 aromatic heterocycles. The van der Waals surface area contributed by atoms with Crippen LogP contribution in [0.1, 0.15) is 48.0 Å². The second kappa shape index (κ2) is 5.55. The molecular weight excluding hydrogens is 152 g/mol. The molecule has 0 fully saturated rings. The highest BCUT2D eigenvalue weighted by molar-refractivity contribution is 4.59. The van der Waals surface area contributed by atoms with Crippen LogP contribution in [0.15, 0.2) is 0 Å². The van der Waals surface area contributed by atoms with E-state index in [9.17, 15) is 0 Å². The van der Waals surface area contributed by atoms with Crippen LogP contribution >= 0.6 is 0 Å². The van der Waals surface area contributed by atoms with Crippen molar-refractivity contribution < 1.29 is 10.2 Å². The SMILES string of the molecule is CC(C)(C)CO.CCC(C)(C)O. The van der Waals surface area contributed by atoms with E-state index >= 15 is 0 Å². The summed E-state index contributed by atoms with van der Waals surface area (Å²) in [5, 5.41) is 17.2. The Morgan fingerprint density at radius 3 is 1.17 bits per heavy atom. The maximum atomic E-state index is 8.83. The van der Waals surface area contributed by atoms with Gasteiger partial charge in [-0.25, -0.2) is 0 Å². The highest BCUT2D eigenvalue weighted by atomic mass is 16.3. The fraction of sp³-hybridized carbons (Fsp3) is 1.00. The molecule has 0 aliphatic heterocycles. The zero-order valence-electron chi connectivity index (χ0n) is 9.31. The van der Waals surface area contributed by atoms with Crippen LogP contribution in [-0.2, 0) is 0 Å². The number of hydrogen-bond acceptors (Lipinski definition) is 2. The van der Waals surface area contributed by atoms with Gasteiger partial charge in [-0.15, -0.1) is 0 Å². The summed E-state index contributed by atoms with van der Waals surface area (Å²) in [6, 6.07) is 0. The van der Waals surface area contributed by atoms with Crippen molar-refractivity contribution in [2.24, 2.45) is 5.41 Å². The van der Waals surface area contributed by atoms with Gasteiger partial charge in [-0.05, 0) is 25.7 Å². The van der Waals surface area contributed by atoms with Crippen molar-refractivity contribution in [2.45, 2.75) is 53.6 Å². The van der Waals surface area contributed by atoms with E-state index in [-0.39, 0.29) is 12.0 Å². The molecule has 0 heterocycles. The van der Waals surface area contributed by atoms with Gasteiger partial charge in [0.25, 0.3) is 0 Å². The minimum Gasteiger partial charge on any atom is -0.396 e. The summed E-state index contributed by atoms with van der Waals surface area (Å²) in [6.45, 7) is 11.8. The first-order valence-electron chi connectivity index (χ1n) is 4.45. The molecule has 0 rings (SSSR count). The van der Waals surface area contributed by atoms with E-state index in [0.29, 0.717) is 0 Å². The maximum absolute atomic E-state index is 8.83. The molecule has 0 aromatic rings. The molecule has 0 atom stereocenters. The standard InChI is InChI=1S/2C5H12O/c1-5(2,3)4-6;1-4-5(2,3)6/h2*6H,4H2,1-3H3. The Kier molecular flexibility index (Phi) is 6.68. The average molecular weight is 176 g/mol. The van der Waals surface area contributed by atoms with Crippen LogP contribution in [-0.4, -0.2) is 22.4 Å². The van der Waals surface area contributed by atoms with Crippen molar-refractivity contribution in [2.75, 3.05) is 6.61 Å². The molecule has 2 heteroatoms. The quantitative estimate of drug-likeness (QED) is 0.643. The van der Waals surface area contributed by atoms with E-state index in [1.807, 2.05) is 27.7 Å². The van der Waals surface area contributed by atoms with Gasteiger partial charge >= 0.3 is 0 Å². The number of aliphatic hydroxyl groups is 2. The Morgan fingerprint density at radius 2 is 1.17 bits per heavy atom. The lowest BCUT2D eigenvalue weighted by molar-refractivity contribution is 0.0765. The molecule has 0 radical (unpaired) electrons. The summed E-state index contributed by atoms with van der Waals surface area (Å²) in [5.74, 6) is 0. The minimum atomic E-state index is -0.458. The van der Waals surface area contributed by atoms with Crippen molar-refractivity contribution >= 4 is 0 Å². The van der Waals surface area contributed by atoms with Crippen LogP contribution in [0, 0.1) is 5.41 Å². The molecule has 0 amide bonds. The van der Waals surface area contributed by atoms with Gasteiger partial charge in [0, 0.05) is 6.61 Å². The molecule has 0 aliphatic rings. The van der Waals surface area contributed by atoms with E-state index in [4.69, 9.17) is 10.2 Å². The highest BCUT2D eigenvalue weighted by Gasteiger charge is 2.06. The van der Waals surface area contributed by atoms with Crippen LogP contribution in [0.3, 0.4) is 0 Å². The second-order valence-corrected chi connectivity index (χ2v) is 4.88.